The fourth-order valence-electron chi connectivity index (χ4n) is 1.51. The highest BCUT2D eigenvalue weighted by atomic mass is 32.2. The summed E-state index contributed by atoms with van der Waals surface area (Å²) in [5.41, 5.74) is 7.79. The first-order valence-corrected chi connectivity index (χ1v) is 6.17. The van der Waals surface area contributed by atoms with Gasteiger partial charge in [0.1, 0.15) is 11.5 Å². The van der Waals surface area contributed by atoms with Crippen molar-refractivity contribution in [2.45, 2.75) is 23.9 Å². The molecule has 0 radical (unpaired) electrons. The Balaban J connectivity index is 2.37. The summed E-state index contributed by atoms with van der Waals surface area (Å²) in [6.07, 6.45) is 1.61. The third kappa shape index (κ3) is 2.84. The number of nitrogens with zero attached hydrogens (tertiary/aromatic N) is 3. The van der Waals surface area contributed by atoms with E-state index < -0.39 is 0 Å². The standard InChI is InChI=1S/C12H13N5S/c1-7-6-8(2)17-12(16-7)18-9-4-3-5-15-10(9)11(13)14/h3-6H,1-2H3,(H3,13,14). The van der Waals surface area contributed by atoms with Crippen molar-refractivity contribution in [2.75, 3.05) is 0 Å². The van der Waals surface area contributed by atoms with Crippen molar-refractivity contribution in [1.82, 2.24) is 15.0 Å². The van der Waals surface area contributed by atoms with Crippen molar-refractivity contribution in [2.24, 2.45) is 5.73 Å². The maximum atomic E-state index is 7.49. The van der Waals surface area contributed by atoms with E-state index in [1.807, 2.05) is 26.0 Å². The summed E-state index contributed by atoms with van der Waals surface area (Å²) in [6.45, 7) is 3.85. The molecule has 2 aromatic heterocycles. The normalized spacial score (nSPS) is 10.3. The highest BCUT2D eigenvalue weighted by Gasteiger charge is 2.10. The van der Waals surface area contributed by atoms with Gasteiger partial charge in [0.05, 0.1) is 0 Å². The zero-order chi connectivity index (χ0) is 13.1. The van der Waals surface area contributed by atoms with E-state index >= 15 is 0 Å². The lowest BCUT2D eigenvalue weighted by Crippen LogP contribution is -2.14. The molecule has 2 rings (SSSR count). The Morgan fingerprint density at radius 1 is 1.28 bits per heavy atom. The van der Waals surface area contributed by atoms with Gasteiger partial charge >= 0.3 is 0 Å². The third-order valence-corrected chi connectivity index (χ3v) is 3.10. The van der Waals surface area contributed by atoms with Gasteiger partial charge in [0.2, 0.25) is 0 Å². The SMILES string of the molecule is Cc1cc(C)nc(Sc2cccnc2C(=N)N)n1. The first kappa shape index (κ1) is 12.5. The van der Waals surface area contributed by atoms with Crippen molar-refractivity contribution in [3.63, 3.8) is 0 Å². The molecule has 0 spiro atoms. The van der Waals surface area contributed by atoms with Gasteiger partial charge in [-0.25, -0.2) is 9.97 Å². The molecule has 0 saturated carbocycles. The fraction of sp³-hybridized carbons (Fsp3) is 0.167. The van der Waals surface area contributed by atoms with Gasteiger partial charge in [-0.1, -0.05) is 0 Å². The molecule has 18 heavy (non-hydrogen) atoms. The Labute approximate surface area is 109 Å². The highest BCUT2D eigenvalue weighted by molar-refractivity contribution is 7.99. The summed E-state index contributed by atoms with van der Waals surface area (Å²) in [5, 5.41) is 8.13. The van der Waals surface area contributed by atoms with E-state index in [4.69, 9.17) is 11.1 Å². The number of pyridine rings is 1. The fourth-order valence-corrected chi connectivity index (χ4v) is 2.49. The molecule has 2 aromatic rings. The van der Waals surface area contributed by atoms with Gasteiger partial charge in [-0.2, -0.15) is 0 Å². The number of hydrogen-bond acceptors (Lipinski definition) is 5. The van der Waals surface area contributed by atoms with Crippen molar-refractivity contribution >= 4 is 17.6 Å². The van der Waals surface area contributed by atoms with E-state index in [1.54, 1.807) is 12.3 Å². The summed E-state index contributed by atoms with van der Waals surface area (Å²) in [5.74, 6) is -0.0533. The summed E-state index contributed by atoms with van der Waals surface area (Å²) >= 11 is 1.37. The molecular weight excluding hydrogens is 246 g/mol. The Morgan fingerprint density at radius 3 is 2.56 bits per heavy atom. The van der Waals surface area contributed by atoms with Crippen LogP contribution in [-0.2, 0) is 0 Å². The van der Waals surface area contributed by atoms with E-state index in [9.17, 15) is 0 Å². The summed E-state index contributed by atoms with van der Waals surface area (Å²) in [7, 11) is 0. The number of rotatable bonds is 3. The van der Waals surface area contributed by atoms with Gasteiger partial charge in [0, 0.05) is 22.5 Å². The molecule has 0 aliphatic heterocycles. The first-order chi connectivity index (χ1) is 8.56. The van der Waals surface area contributed by atoms with Crippen LogP contribution in [0.4, 0.5) is 0 Å². The smallest absolute Gasteiger partial charge is 0.192 e. The predicted octanol–water partition coefficient (Wildman–Crippen LogP) is 1.92. The quantitative estimate of drug-likeness (QED) is 0.499. The second kappa shape index (κ2) is 5.14. The van der Waals surface area contributed by atoms with Gasteiger partial charge in [0.25, 0.3) is 0 Å². The molecule has 0 fully saturated rings. The molecule has 5 nitrogen and oxygen atoms in total. The van der Waals surface area contributed by atoms with Crippen LogP contribution in [0.2, 0.25) is 0 Å². The molecule has 3 N–H and O–H groups in total. The molecule has 0 amide bonds. The molecule has 0 aliphatic carbocycles. The van der Waals surface area contributed by atoms with Gasteiger partial charge < -0.3 is 5.73 Å². The minimum atomic E-state index is -0.0533. The van der Waals surface area contributed by atoms with Crippen LogP contribution in [0.1, 0.15) is 17.1 Å². The lowest BCUT2D eigenvalue weighted by molar-refractivity contribution is 0.901. The average Bonchev–Trinajstić information content (AvgIpc) is 2.27. The number of nitrogen functional groups attached to an aromatic ring is 1. The topological polar surface area (TPSA) is 88.5 Å². The van der Waals surface area contributed by atoms with Crippen LogP contribution in [0, 0.1) is 19.3 Å². The van der Waals surface area contributed by atoms with Crippen LogP contribution in [0.3, 0.4) is 0 Å². The largest absolute Gasteiger partial charge is 0.382 e. The maximum absolute atomic E-state index is 7.49. The lowest BCUT2D eigenvalue weighted by Gasteiger charge is -2.06. The van der Waals surface area contributed by atoms with Crippen LogP contribution < -0.4 is 5.73 Å². The predicted molar refractivity (Wildman–Crippen MR) is 70.9 cm³/mol. The van der Waals surface area contributed by atoms with E-state index in [0.29, 0.717) is 10.9 Å². The molecule has 0 aromatic carbocycles. The maximum Gasteiger partial charge on any atom is 0.192 e. The van der Waals surface area contributed by atoms with Crippen LogP contribution in [0.15, 0.2) is 34.4 Å². The number of nitrogens with two attached hydrogens (primary N) is 1. The van der Waals surface area contributed by atoms with Gasteiger partial charge in [0.15, 0.2) is 5.16 Å². The summed E-state index contributed by atoms with van der Waals surface area (Å²) in [4.78, 5) is 13.6. The third-order valence-electron chi connectivity index (χ3n) is 2.19. The second-order valence-corrected chi connectivity index (χ2v) is 4.81. The molecule has 6 heteroatoms. The van der Waals surface area contributed by atoms with Crippen LogP contribution in [-0.4, -0.2) is 20.8 Å². The molecule has 2 heterocycles. The van der Waals surface area contributed by atoms with Crippen molar-refractivity contribution in [1.29, 1.82) is 5.41 Å². The Bertz CT molecular complexity index is 577. The van der Waals surface area contributed by atoms with Gasteiger partial charge in [-0.05, 0) is 43.8 Å². The zero-order valence-electron chi connectivity index (χ0n) is 10.1. The van der Waals surface area contributed by atoms with E-state index in [1.165, 1.54) is 11.8 Å². The van der Waals surface area contributed by atoms with Crippen molar-refractivity contribution in [3.8, 4) is 0 Å². The molecule has 0 saturated heterocycles. The number of amidine groups is 1. The number of aryl methyl sites for hydroxylation is 2. The van der Waals surface area contributed by atoms with Crippen molar-refractivity contribution < 1.29 is 0 Å². The number of hydrogen-bond donors (Lipinski definition) is 2. The van der Waals surface area contributed by atoms with E-state index in [-0.39, 0.29) is 5.84 Å². The van der Waals surface area contributed by atoms with E-state index in [2.05, 4.69) is 15.0 Å². The number of nitrogens with one attached hydrogen (secondary N) is 1. The summed E-state index contributed by atoms with van der Waals surface area (Å²) in [6, 6.07) is 5.58. The monoisotopic (exact) mass is 259 g/mol. The Kier molecular flexibility index (Phi) is 3.57. The Hall–Kier alpha value is -1.95. The second-order valence-electron chi connectivity index (χ2n) is 3.80. The van der Waals surface area contributed by atoms with Crippen LogP contribution in [0.25, 0.3) is 0 Å². The summed E-state index contributed by atoms with van der Waals surface area (Å²) < 4.78 is 0. The zero-order valence-corrected chi connectivity index (χ0v) is 11.0. The van der Waals surface area contributed by atoms with E-state index in [0.717, 1.165) is 16.3 Å². The molecule has 0 aliphatic rings. The molecule has 0 unspecified atom stereocenters. The number of aromatic nitrogens is 3. The average molecular weight is 259 g/mol. The lowest BCUT2D eigenvalue weighted by atomic mass is 10.3. The molecule has 92 valence electrons. The highest BCUT2D eigenvalue weighted by Crippen LogP contribution is 2.26. The molecule has 0 bridgehead atoms. The molecule has 0 atom stereocenters. The van der Waals surface area contributed by atoms with Crippen molar-refractivity contribution in [3.05, 3.63) is 41.5 Å². The van der Waals surface area contributed by atoms with Crippen LogP contribution in [0.5, 0.6) is 0 Å². The van der Waals surface area contributed by atoms with Gasteiger partial charge in [-0.15, -0.1) is 0 Å². The minimum absolute atomic E-state index is 0.0533. The first-order valence-electron chi connectivity index (χ1n) is 5.36. The van der Waals surface area contributed by atoms with Crippen LogP contribution >= 0.6 is 11.8 Å². The van der Waals surface area contributed by atoms with Gasteiger partial charge in [-0.3, -0.25) is 10.4 Å². The molecular formula is C12H13N5S. The Morgan fingerprint density at radius 2 is 1.94 bits per heavy atom. The minimum Gasteiger partial charge on any atom is -0.382 e.